The number of H-pyrrole nitrogens is 1. The van der Waals surface area contributed by atoms with Crippen LogP contribution in [-0.4, -0.2) is 71.7 Å². The SMILES string of the molecule is CCS(=O)(=O)c1ccc(Cl)cc1Cn1c(=O)[nH]c2cc(CN3CCC(N4CCC(F)(F)CC4)C3)c(Br)cc2c1=O. The molecule has 1 atom stereocenters. The third-order valence-corrected chi connectivity index (χ3v) is 10.7. The monoisotopic (exact) mass is 658 g/mol. The van der Waals surface area contributed by atoms with Gasteiger partial charge in [0.05, 0.1) is 28.1 Å². The molecule has 1 unspecified atom stereocenters. The second kappa shape index (κ2) is 11.3. The number of halogens is 4. The van der Waals surface area contributed by atoms with Crippen molar-refractivity contribution in [1.82, 2.24) is 19.4 Å². The van der Waals surface area contributed by atoms with Crippen molar-refractivity contribution in [2.45, 2.75) is 56.1 Å². The molecule has 13 heteroatoms. The minimum atomic E-state index is -3.61. The van der Waals surface area contributed by atoms with E-state index in [4.69, 9.17) is 11.6 Å². The van der Waals surface area contributed by atoms with Gasteiger partial charge < -0.3 is 4.98 Å². The van der Waals surface area contributed by atoms with E-state index in [1.165, 1.54) is 25.1 Å². The largest absolute Gasteiger partial charge is 0.329 e. The number of aromatic amines is 1. The Labute approximate surface area is 244 Å². The number of aromatic nitrogens is 2. The van der Waals surface area contributed by atoms with E-state index in [9.17, 15) is 26.8 Å². The number of benzene rings is 2. The molecule has 0 spiro atoms. The van der Waals surface area contributed by atoms with Gasteiger partial charge in [-0.15, -0.1) is 0 Å². The Morgan fingerprint density at radius 2 is 1.80 bits per heavy atom. The molecule has 0 saturated carbocycles. The molecular formula is C27H30BrClF2N4O4S. The molecule has 216 valence electrons. The van der Waals surface area contributed by atoms with Crippen LogP contribution in [0.2, 0.25) is 5.02 Å². The van der Waals surface area contributed by atoms with Crippen LogP contribution < -0.4 is 11.2 Å². The van der Waals surface area contributed by atoms with Crippen LogP contribution in [0.3, 0.4) is 0 Å². The molecule has 0 radical (unpaired) electrons. The number of fused-ring (bicyclic) bond motifs is 1. The van der Waals surface area contributed by atoms with Gasteiger partial charge in [0, 0.05) is 61.1 Å². The molecule has 5 rings (SSSR count). The van der Waals surface area contributed by atoms with Crippen molar-refractivity contribution in [3.63, 3.8) is 0 Å². The minimum Gasteiger partial charge on any atom is -0.307 e. The summed E-state index contributed by atoms with van der Waals surface area (Å²) in [6.07, 6.45) is 0.701. The highest BCUT2D eigenvalue weighted by Gasteiger charge is 2.38. The fraction of sp³-hybridized carbons (Fsp3) is 0.481. The second-order valence-corrected chi connectivity index (χ2v) is 14.1. The van der Waals surface area contributed by atoms with Gasteiger partial charge in [-0.3, -0.25) is 19.2 Å². The molecule has 2 saturated heterocycles. The van der Waals surface area contributed by atoms with Gasteiger partial charge in [0.2, 0.25) is 0 Å². The Bertz CT molecular complexity index is 1670. The maximum absolute atomic E-state index is 13.6. The van der Waals surface area contributed by atoms with Crippen molar-refractivity contribution in [3.8, 4) is 0 Å². The maximum Gasteiger partial charge on any atom is 0.329 e. The topological polar surface area (TPSA) is 95.5 Å². The molecule has 0 aliphatic carbocycles. The van der Waals surface area contributed by atoms with Gasteiger partial charge in [0.15, 0.2) is 9.84 Å². The Morgan fingerprint density at radius 1 is 1.07 bits per heavy atom. The van der Waals surface area contributed by atoms with Crippen LogP contribution >= 0.6 is 27.5 Å². The molecule has 40 heavy (non-hydrogen) atoms. The lowest BCUT2D eigenvalue weighted by molar-refractivity contribution is -0.0621. The lowest BCUT2D eigenvalue weighted by Crippen LogP contribution is -2.46. The summed E-state index contributed by atoms with van der Waals surface area (Å²) < 4.78 is 54.0. The van der Waals surface area contributed by atoms with E-state index < -0.39 is 27.0 Å². The standard InChI is InChI=1S/C27H30BrClF2N4O4S/c1-2-40(38,39)24-4-3-19(29)11-18(24)15-35-25(36)21-13-22(28)17(12-23(21)32-26(35)37)14-33-8-5-20(16-33)34-9-6-27(30,31)7-10-34/h3-4,11-13,20H,2,5-10,14-16H2,1H3,(H,32,37). The lowest BCUT2D eigenvalue weighted by Gasteiger charge is -2.35. The highest BCUT2D eigenvalue weighted by molar-refractivity contribution is 9.10. The molecule has 8 nitrogen and oxygen atoms in total. The first-order valence-electron chi connectivity index (χ1n) is 13.2. The van der Waals surface area contributed by atoms with Crippen LogP contribution in [0.5, 0.6) is 0 Å². The molecule has 1 N–H and O–H groups in total. The van der Waals surface area contributed by atoms with Crippen molar-refractivity contribution >= 4 is 48.3 Å². The smallest absolute Gasteiger partial charge is 0.307 e. The number of nitrogens with one attached hydrogen (secondary N) is 1. The molecule has 1 aromatic heterocycles. The Balaban J connectivity index is 1.38. The summed E-state index contributed by atoms with van der Waals surface area (Å²) in [7, 11) is -3.61. The van der Waals surface area contributed by atoms with Crippen molar-refractivity contribution in [1.29, 1.82) is 0 Å². The van der Waals surface area contributed by atoms with Crippen molar-refractivity contribution in [3.05, 3.63) is 71.8 Å². The first-order valence-corrected chi connectivity index (χ1v) is 16.0. The zero-order chi connectivity index (χ0) is 28.8. The Hall–Kier alpha value is -2.12. The van der Waals surface area contributed by atoms with Crippen LogP contribution in [0.15, 0.2) is 49.3 Å². The van der Waals surface area contributed by atoms with Gasteiger partial charge in [-0.1, -0.05) is 34.5 Å². The Kier molecular flexibility index (Phi) is 8.28. The van der Waals surface area contributed by atoms with E-state index >= 15 is 0 Å². The van der Waals surface area contributed by atoms with Gasteiger partial charge in [-0.2, -0.15) is 0 Å². The average molecular weight is 660 g/mol. The number of hydrogen-bond acceptors (Lipinski definition) is 6. The number of hydrogen-bond donors (Lipinski definition) is 1. The summed E-state index contributed by atoms with van der Waals surface area (Å²) in [6.45, 7) is 4.23. The van der Waals surface area contributed by atoms with Crippen molar-refractivity contribution < 1.29 is 17.2 Å². The van der Waals surface area contributed by atoms with Gasteiger partial charge >= 0.3 is 5.69 Å². The average Bonchev–Trinajstić information content (AvgIpc) is 3.36. The maximum atomic E-state index is 13.6. The fourth-order valence-electron chi connectivity index (χ4n) is 5.60. The Morgan fingerprint density at radius 3 is 2.50 bits per heavy atom. The number of rotatable bonds is 7. The summed E-state index contributed by atoms with van der Waals surface area (Å²) in [5, 5.41) is 0.579. The third kappa shape index (κ3) is 6.06. The molecule has 3 aromatic rings. The first-order chi connectivity index (χ1) is 18.9. The molecule has 3 heterocycles. The van der Waals surface area contributed by atoms with Gasteiger partial charge in [0.25, 0.3) is 11.5 Å². The van der Waals surface area contributed by atoms with E-state index in [-0.39, 0.29) is 47.0 Å². The zero-order valence-corrected chi connectivity index (χ0v) is 25.1. The number of nitrogens with zero attached hydrogens (tertiary/aromatic N) is 3. The van der Waals surface area contributed by atoms with E-state index in [0.717, 1.165) is 29.6 Å². The highest BCUT2D eigenvalue weighted by atomic mass is 79.9. The van der Waals surface area contributed by atoms with Crippen LogP contribution in [0.25, 0.3) is 10.9 Å². The van der Waals surface area contributed by atoms with Crippen molar-refractivity contribution in [2.24, 2.45) is 0 Å². The summed E-state index contributed by atoms with van der Waals surface area (Å²) in [4.78, 5) is 33.6. The lowest BCUT2D eigenvalue weighted by atomic mass is 10.0. The minimum absolute atomic E-state index is 0.0320. The summed E-state index contributed by atoms with van der Waals surface area (Å²) >= 11 is 9.68. The molecule has 2 aliphatic rings. The van der Waals surface area contributed by atoms with Gasteiger partial charge in [-0.25, -0.2) is 22.0 Å². The molecule has 2 fully saturated rings. The van der Waals surface area contributed by atoms with Crippen LogP contribution in [0.1, 0.15) is 37.3 Å². The molecule has 0 amide bonds. The predicted molar refractivity (Wildman–Crippen MR) is 154 cm³/mol. The fourth-order valence-corrected chi connectivity index (χ4v) is 7.37. The molecule has 2 aliphatic heterocycles. The van der Waals surface area contributed by atoms with Crippen LogP contribution in [0, 0.1) is 0 Å². The highest BCUT2D eigenvalue weighted by Crippen LogP contribution is 2.31. The second-order valence-electron chi connectivity index (χ2n) is 10.5. The molecule has 0 bridgehead atoms. The summed E-state index contributed by atoms with van der Waals surface area (Å²) in [5.41, 5.74) is 0.323. The van der Waals surface area contributed by atoms with E-state index in [2.05, 4.69) is 30.7 Å². The van der Waals surface area contributed by atoms with Crippen molar-refractivity contribution in [2.75, 3.05) is 31.9 Å². The van der Waals surface area contributed by atoms with Crippen LogP contribution in [-0.2, 0) is 22.9 Å². The number of likely N-dealkylation sites (tertiary alicyclic amines) is 2. The van der Waals surface area contributed by atoms with Gasteiger partial charge in [-0.05, 0) is 47.9 Å². The van der Waals surface area contributed by atoms with Gasteiger partial charge in [0.1, 0.15) is 0 Å². The van der Waals surface area contributed by atoms with E-state index in [1.807, 2.05) is 0 Å². The molecule has 2 aromatic carbocycles. The number of piperidine rings is 1. The first kappa shape index (κ1) is 29.4. The normalized spacial score (nSPS) is 20.4. The summed E-state index contributed by atoms with van der Waals surface area (Å²) in [5.74, 6) is -2.70. The van der Waals surface area contributed by atoms with E-state index in [1.54, 1.807) is 12.1 Å². The number of sulfone groups is 1. The number of alkyl halides is 2. The zero-order valence-electron chi connectivity index (χ0n) is 21.9. The quantitative estimate of drug-likeness (QED) is 0.408. The van der Waals surface area contributed by atoms with E-state index in [0.29, 0.717) is 34.6 Å². The molecular weight excluding hydrogens is 630 g/mol. The summed E-state index contributed by atoms with van der Waals surface area (Å²) in [6, 6.07) is 7.98. The van der Waals surface area contributed by atoms with Crippen LogP contribution in [0.4, 0.5) is 8.78 Å². The predicted octanol–water partition coefficient (Wildman–Crippen LogP) is 4.25. The third-order valence-electron chi connectivity index (χ3n) is 7.90.